The molecule has 0 unspecified atom stereocenters. The Morgan fingerprint density at radius 3 is 2.87 bits per heavy atom. The molecule has 0 spiro atoms. The number of nitrogens with two attached hydrogens (primary N) is 1. The Hall–Kier alpha value is -1.36. The first-order valence-corrected chi connectivity index (χ1v) is 5.34. The van der Waals surface area contributed by atoms with Gasteiger partial charge in [-0.3, -0.25) is 0 Å². The number of rotatable bonds is 4. The van der Waals surface area contributed by atoms with Crippen molar-refractivity contribution in [3.8, 4) is 0 Å². The summed E-state index contributed by atoms with van der Waals surface area (Å²) in [6.45, 7) is 5.50. The largest absolute Gasteiger partial charge is 0.356 e. The van der Waals surface area contributed by atoms with Crippen LogP contribution in [0.1, 0.15) is 12.1 Å². The molecule has 0 aromatic carbocycles. The molecule has 2 heterocycles. The van der Waals surface area contributed by atoms with E-state index in [0.29, 0.717) is 19.0 Å². The Bertz CT molecular complexity index is 335. The third-order valence-corrected chi connectivity index (χ3v) is 2.45. The summed E-state index contributed by atoms with van der Waals surface area (Å²) in [5, 5.41) is 3.10. The smallest absolute Gasteiger partial charge is 0.224 e. The quantitative estimate of drug-likeness (QED) is 0.746. The van der Waals surface area contributed by atoms with Crippen molar-refractivity contribution in [2.75, 3.05) is 36.4 Å². The van der Waals surface area contributed by atoms with Crippen LogP contribution in [-0.2, 0) is 0 Å². The minimum absolute atomic E-state index is 0.594. The Morgan fingerprint density at radius 2 is 2.27 bits per heavy atom. The lowest BCUT2D eigenvalue weighted by Crippen LogP contribution is -2.37. The Labute approximate surface area is 89.7 Å². The molecule has 1 aliphatic rings. The van der Waals surface area contributed by atoms with Gasteiger partial charge in [0.15, 0.2) is 0 Å². The van der Waals surface area contributed by atoms with E-state index in [9.17, 15) is 0 Å². The molecule has 5 heteroatoms. The van der Waals surface area contributed by atoms with Crippen LogP contribution in [-0.4, -0.2) is 36.1 Å². The van der Waals surface area contributed by atoms with Crippen molar-refractivity contribution in [2.24, 2.45) is 5.73 Å². The summed E-state index contributed by atoms with van der Waals surface area (Å²) in [6, 6.07) is 2.02. The molecule has 0 radical (unpaired) electrons. The summed E-state index contributed by atoms with van der Waals surface area (Å²) in [5.41, 5.74) is 6.41. The van der Waals surface area contributed by atoms with E-state index in [1.54, 1.807) is 0 Å². The second kappa shape index (κ2) is 4.44. The molecule has 3 N–H and O–H groups in total. The molecule has 0 aliphatic carbocycles. The average molecular weight is 207 g/mol. The van der Waals surface area contributed by atoms with E-state index in [4.69, 9.17) is 5.73 Å². The molecule has 0 atom stereocenters. The Kier molecular flexibility index (Phi) is 3.01. The van der Waals surface area contributed by atoms with Crippen molar-refractivity contribution in [3.63, 3.8) is 0 Å². The van der Waals surface area contributed by atoms with Crippen LogP contribution in [0.4, 0.5) is 11.8 Å². The predicted molar refractivity (Wildman–Crippen MR) is 61.1 cm³/mol. The van der Waals surface area contributed by atoms with Crippen molar-refractivity contribution >= 4 is 11.8 Å². The van der Waals surface area contributed by atoms with Gasteiger partial charge in [-0.2, -0.15) is 4.98 Å². The first-order chi connectivity index (χ1) is 7.29. The van der Waals surface area contributed by atoms with Gasteiger partial charge in [0.2, 0.25) is 5.95 Å². The fraction of sp³-hybridized carbons (Fsp3) is 0.600. The fourth-order valence-corrected chi connectivity index (χ4v) is 1.52. The lowest BCUT2D eigenvalue weighted by molar-refractivity contribution is 0.608. The number of hydrogen-bond donors (Lipinski definition) is 2. The van der Waals surface area contributed by atoms with E-state index in [2.05, 4.69) is 20.2 Å². The van der Waals surface area contributed by atoms with Crippen LogP contribution < -0.4 is 16.0 Å². The van der Waals surface area contributed by atoms with Crippen LogP contribution in [0.15, 0.2) is 6.07 Å². The number of nitrogens with zero attached hydrogens (tertiary/aromatic N) is 3. The van der Waals surface area contributed by atoms with Crippen LogP contribution >= 0.6 is 0 Å². The van der Waals surface area contributed by atoms with Gasteiger partial charge in [0.05, 0.1) is 0 Å². The van der Waals surface area contributed by atoms with Gasteiger partial charge in [-0.1, -0.05) is 0 Å². The van der Waals surface area contributed by atoms with E-state index >= 15 is 0 Å². The molecule has 82 valence electrons. The first kappa shape index (κ1) is 10.2. The van der Waals surface area contributed by atoms with Crippen molar-refractivity contribution in [2.45, 2.75) is 13.3 Å². The Morgan fingerprint density at radius 1 is 1.47 bits per heavy atom. The molecule has 1 saturated heterocycles. The van der Waals surface area contributed by atoms with Crippen molar-refractivity contribution in [3.05, 3.63) is 11.8 Å². The molecular weight excluding hydrogens is 190 g/mol. The number of anilines is 2. The molecule has 1 aromatic heterocycles. The first-order valence-electron chi connectivity index (χ1n) is 5.34. The van der Waals surface area contributed by atoms with Gasteiger partial charge in [0.25, 0.3) is 0 Å². The van der Waals surface area contributed by atoms with Gasteiger partial charge >= 0.3 is 0 Å². The molecule has 15 heavy (non-hydrogen) atoms. The molecule has 1 fully saturated rings. The maximum atomic E-state index is 5.42. The standard InChI is InChI=1S/C10H17N5/c1-8-7-9(15-5-2-6-15)14-10(13-8)12-4-3-11/h7H,2-6,11H2,1H3,(H,12,13,14). The summed E-state index contributed by atoms with van der Waals surface area (Å²) < 4.78 is 0. The maximum absolute atomic E-state index is 5.42. The molecule has 2 rings (SSSR count). The lowest BCUT2D eigenvalue weighted by Gasteiger charge is -2.32. The van der Waals surface area contributed by atoms with Crippen LogP contribution in [0, 0.1) is 6.92 Å². The topological polar surface area (TPSA) is 67.1 Å². The van der Waals surface area contributed by atoms with Gasteiger partial charge in [0, 0.05) is 37.9 Å². The maximum Gasteiger partial charge on any atom is 0.224 e. The average Bonchev–Trinajstić information content (AvgIpc) is 2.11. The third-order valence-electron chi connectivity index (χ3n) is 2.45. The van der Waals surface area contributed by atoms with Crippen molar-refractivity contribution in [1.29, 1.82) is 0 Å². The minimum atomic E-state index is 0.594. The molecule has 0 amide bonds. The summed E-state index contributed by atoms with van der Waals surface area (Å²) in [7, 11) is 0. The van der Waals surface area contributed by atoms with E-state index in [0.717, 1.165) is 24.6 Å². The highest BCUT2D eigenvalue weighted by molar-refractivity contribution is 5.46. The van der Waals surface area contributed by atoms with E-state index in [1.807, 2.05) is 13.0 Å². The summed E-state index contributed by atoms with van der Waals surface area (Å²) in [5.74, 6) is 1.70. The van der Waals surface area contributed by atoms with Gasteiger partial charge in [-0.15, -0.1) is 0 Å². The van der Waals surface area contributed by atoms with Crippen molar-refractivity contribution < 1.29 is 0 Å². The highest BCUT2D eigenvalue weighted by Gasteiger charge is 2.16. The zero-order valence-electron chi connectivity index (χ0n) is 9.03. The van der Waals surface area contributed by atoms with E-state index in [1.165, 1.54) is 6.42 Å². The van der Waals surface area contributed by atoms with Crippen LogP contribution in [0.2, 0.25) is 0 Å². The second-order valence-corrected chi connectivity index (χ2v) is 3.75. The SMILES string of the molecule is Cc1cc(N2CCC2)nc(NCCN)n1. The molecule has 0 bridgehead atoms. The fourth-order valence-electron chi connectivity index (χ4n) is 1.52. The molecule has 0 saturated carbocycles. The lowest BCUT2D eigenvalue weighted by atomic mass is 10.2. The van der Waals surface area contributed by atoms with E-state index < -0.39 is 0 Å². The third kappa shape index (κ3) is 2.36. The van der Waals surface area contributed by atoms with Crippen LogP contribution in [0.3, 0.4) is 0 Å². The summed E-state index contributed by atoms with van der Waals surface area (Å²) in [6.07, 6.45) is 1.26. The predicted octanol–water partition coefficient (Wildman–Crippen LogP) is 0.366. The molecule has 1 aromatic rings. The molecule has 1 aliphatic heterocycles. The number of nitrogens with one attached hydrogen (secondary N) is 1. The second-order valence-electron chi connectivity index (χ2n) is 3.75. The summed E-state index contributed by atoms with van der Waals surface area (Å²) >= 11 is 0. The van der Waals surface area contributed by atoms with E-state index in [-0.39, 0.29) is 0 Å². The zero-order chi connectivity index (χ0) is 10.7. The van der Waals surface area contributed by atoms with Gasteiger partial charge in [-0.25, -0.2) is 4.98 Å². The monoisotopic (exact) mass is 207 g/mol. The van der Waals surface area contributed by atoms with Crippen molar-refractivity contribution in [1.82, 2.24) is 9.97 Å². The Balaban J connectivity index is 2.12. The highest BCUT2D eigenvalue weighted by Crippen LogP contribution is 2.19. The van der Waals surface area contributed by atoms with Crippen LogP contribution in [0.5, 0.6) is 0 Å². The van der Waals surface area contributed by atoms with Crippen LogP contribution in [0.25, 0.3) is 0 Å². The normalized spacial score (nSPS) is 14.9. The highest BCUT2D eigenvalue weighted by atomic mass is 15.3. The molecular formula is C10H17N5. The molecule has 5 nitrogen and oxygen atoms in total. The number of aromatic nitrogens is 2. The zero-order valence-corrected chi connectivity index (χ0v) is 9.03. The van der Waals surface area contributed by atoms with Gasteiger partial charge in [0.1, 0.15) is 5.82 Å². The van der Waals surface area contributed by atoms with Gasteiger partial charge in [-0.05, 0) is 13.3 Å². The summed E-state index contributed by atoms with van der Waals surface area (Å²) in [4.78, 5) is 11.0. The number of aryl methyl sites for hydroxylation is 1. The minimum Gasteiger partial charge on any atom is -0.356 e. The number of hydrogen-bond acceptors (Lipinski definition) is 5. The van der Waals surface area contributed by atoms with Gasteiger partial charge < -0.3 is 16.0 Å².